The molecule has 0 atom stereocenters. The van der Waals surface area contributed by atoms with E-state index in [2.05, 4.69) is 27.3 Å². The second kappa shape index (κ2) is 11.2. The van der Waals surface area contributed by atoms with Crippen molar-refractivity contribution in [1.82, 2.24) is 0 Å². The van der Waals surface area contributed by atoms with Crippen LogP contribution in [0.1, 0.15) is 27.8 Å². The molecule has 7 heteroatoms. The first-order valence-corrected chi connectivity index (χ1v) is 11.1. The Labute approximate surface area is 207 Å². The lowest BCUT2D eigenvalue weighted by atomic mass is 10.1. The third kappa shape index (κ3) is 5.64. The topological polar surface area (TPSA) is 95.1 Å². The number of halogens is 1. The fourth-order valence-corrected chi connectivity index (χ4v) is 3.83. The number of amides is 1. The molecule has 1 N–H and O–H groups in total. The van der Waals surface area contributed by atoms with Crippen LogP contribution in [0.3, 0.4) is 0 Å². The molecule has 6 nitrogen and oxygen atoms in total. The molecule has 0 aliphatic rings. The van der Waals surface area contributed by atoms with Crippen LogP contribution < -0.4 is 14.8 Å². The van der Waals surface area contributed by atoms with Crippen molar-refractivity contribution in [3.05, 3.63) is 92.5 Å². The zero-order chi connectivity index (χ0) is 24.7. The Bertz CT molecular complexity index is 1350. The molecular weight excluding hydrogens is 494 g/mol. The number of anilines is 1. The number of nitrogens with one attached hydrogen (secondary N) is 1. The van der Waals surface area contributed by atoms with Crippen LogP contribution >= 0.6 is 15.9 Å². The number of ether oxygens (including phenoxy) is 2. The standard InChI is InChI=1S/C27H22BrN3O3/c1-17-7-6-10-24(18(17)2)31-27(32)22(15-30)11-19-12-23(28)26(25(13-19)33-3)34-16-21-9-5-4-8-20(21)14-29/h4-13H,16H2,1-3H3,(H,31,32)/b22-11+. The minimum atomic E-state index is -0.500. The van der Waals surface area contributed by atoms with Crippen molar-refractivity contribution < 1.29 is 14.3 Å². The molecule has 0 aliphatic heterocycles. The van der Waals surface area contributed by atoms with E-state index >= 15 is 0 Å². The van der Waals surface area contributed by atoms with Gasteiger partial charge >= 0.3 is 0 Å². The number of carbonyl (C=O) groups is 1. The first-order chi connectivity index (χ1) is 16.4. The lowest BCUT2D eigenvalue weighted by molar-refractivity contribution is -0.112. The van der Waals surface area contributed by atoms with Crippen molar-refractivity contribution in [3.8, 4) is 23.6 Å². The molecule has 0 fully saturated rings. The highest BCUT2D eigenvalue weighted by Gasteiger charge is 2.15. The van der Waals surface area contributed by atoms with Crippen molar-refractivity contribution in [3.63, 3.8) is 0 Å². The van der Waals surface area contributed by atoms with Gasteiger partial charge in [0.2, 0.25) is 0 Å². The maximum atomic E-state index is 12.7. The first kappa shape index (κ1) is 24.6. The second-order valence-electron chi connectivity index (χ2n) is 7.46. The normalized spacial score (nSPS) is 10.7. The van der Waals surface area contributed by atoms with Gasteiger partial charge in [0, 0.05) is 11.3 Å². The van der Waals surface area contributed by atoms with Crippen molar-refractivity contribution in [2.75, 3.05) is 12.4 Å². The second-order valence-corrected chi connectivity index (χ2v) is 8.32. The predicted octanol–water partition coefficient (Wildman–Crippen LogP) is 6.07. The van der Waals surface area contributed by atoms with Gasteiger partial charge in [-0.3, -0.25) is 4.79 Å². The summed E-state index contributed by atoms with van der Waals surface area (Å²) in [6.07, 6.45) is 1.49. The molecule has 170 valence electrons. The van der Waals surface area contributed by atoms with Gasteiger partial charge in [-0.25, -0.2) is 0 Å². The zero-order valence-electron chi connectivity index (χ0n) is 19.0. The van der Waals surface area contributed by atoms with E-state index in [1.807, 2.05) is 44.2 Å². The molecular formula is C27H22BrN3O3. The maximum Gasteiger partial charge on any atom is 0.266 e. The Morgan fingerprint density at radius 2 is 1.88 bits per heavy atom. The molecule has 3 aromatic carbocycles. The zero-order valence-corrected chi connectivity index (χ0v) is 20.6. The summed E-state index contributed by atoms with van der Waals surface area (Å²) in [5.74, 6) is 0.368. The van der Waals surface area contributed by atoms with Gasteiger partial charge in [-0.15, -0.1) is 0 Å². The molecule has 1 amide bonds. The molecule has 0 unspecified atom stereocenters. The summed E-state index contributed by atoms with van der Waals surface area (Å²) >= 11 is 3.49. The number of benzene rings is 3. The van der Waals surface area contributed by atoms with E-state index in [4.69, 9.17) is 9.47 Å². The summed E-state index contributed by atoms with van der Waals surface area (Å²) in [7, 11) is 1.50. The summed E-state index contributed by atoms with van der Waals surface area (Å²) < 4.78 is 12.0. The number of carbonyl (C=O) groups excluding carboxylic acids is 1. The van der Waals surface area contributed by atoms with Crippen LogP contribution in [-0.2, 0) is 11.4 Å². The van der Waals surface area contributed by atoms with Gasteiger partial charge in [-0.2, -0.15) is 10.5 Å². The van der Waals surface area contributed by atoms with Crippen LogP contribution in [0, 0.1) is 36.5 Å². The molecule has 34 heavy (non-hydrogen) atoms. The van der Waals surface area contributed by atoms with Crippen molar-refractivity contribution in [1.29, 1.82) is 10.5 Å². The molecule has 0 bridgehead atoms. The van der Waals surface area contributed by atoms with Crippen LogP contribution in [0.5, 0.6) is 11.5 Å². The minimum Gasteiger partial charge on any atom is -0.493 e. The fraction of sp³-hybridized carbons (Fsp3) is 0.148. The van der Waals surface area contributed by atoms with Gasteiger partial charge in [0.15, 0.2) is 11.5 Å². The van der Waals surface area contributed by atoms with Gasteiger partial charge < -0.3 is 14.8 Å². The molecule has 0 spiro atoms. The van der Waals surface area contributed by atoms with Crippen LogP contribution in [0.2, 0.25) is 0 Å². The van der Waals surface area contributed by atoms with Gasteiger partial charge in [0.25, 0.3) is 5.91 Å². The van der Waals surface area contributed by atoms with Gasteiger partial charge in [-0.1, -0.05) is 30.3 Å². The number of aryl methyl sites for hydroxylation is 1. The van der Waals surface area contributed by atoms with E-state index < -0.39 is 5.91 Å². The number of methoxy groups -OCH3 is 1. The quantitative estimate of drug-likeness (QED) is 0.304. The Morgan fingerprint density at radius 1 is 1.12 bits per heavy atom. The summed E-state index contributed by atoms with van der Waals surface area (Å²) in [6.45, 7) is 4.05. The smallest absolute Gasteiger partial charge is 0.266 e. The molecule has 0 radical (unpaired) electrons. The van der Waals surface area contributed by atoms with Gasteiger partial charge in [0.1, 0.15) is 18.2 Å². The number of rotatable bonds is 7. The average Bonchev–Trinajstić information content (AvgIpc) is 2.84. The summed E-state index contributed by atoms with van der Waals surface area (Å²) in [6, 6.07) is 20.3. The Balaban J connectivity index is 1.86. The molecule has 0 saturated carbocycles. The van der Waals surface area contributed by atoms with E-state index in [1.54, 1.807) is 30.3 Å². The van der Waals surface area contributed by atoms with E-state index in [0.29, 0.717) is 32.8 Å². The van der Waals surface area contributed by atoms with E-state index in [0.717, 1.165) is 16.7 Å². The highest BCUT2D eigenvalue weighted by molar-refractivity contribution is 9.10. The lowest BCUT2D eigenvalue weighted by Gasteiger charge is -2.14. The first-order valence-electron chi connectivity index (χ1n) is 10.4. The molecule has 0 aliphatic carbocycles. The molecule has 3 aromatic rings. The number of hydrogen-bond donors (Lipinski definition) is 1. The maximum absolute atomic E-state index is 12.7. The fourth-order valence-electron chi connectivity index (χ4n) is 3.26. The van der Waals surface area contributed by atoms with Gasteiger partial charge in [0.05, 0.1) is 23.2 Å². The largest absolute Gasteiger partial charge is 0.493 e. The minimum absolute atomic E-state index is 0.0496. The molecule has 0 heterocycles. The van der Waals surface area contributed by atoms with E-state index in [9.17, 15) is 15.3 Å². The third-order valence-corrected chi connectivity index (χ3v) is 5.88. The molecule has 3 rings (SSSR count). The average molecular weight is 516 g/mol. The third-order valence-electron chi connectivity index (χ3n) is 5.29. The van der Waals surface area contributed by atoms with Crippen LogP contribution in [0.25, 0.3) is 6.08 Å². The number of hydrogen-bond acceptors (Lipinski definition) is 5. The Morgan fingerprint density at radius 3 is 2.59 bits per heavy atom. The molecule has 0 aromatic heterocycles. The Hall–Kier alpha value is -4.07. The molecule has 0 saturated heterocycles. The van der Waals surface area contributed by atoms with Gasteiger partial charge in [-0.05, 0) is 76.8 Å². The SMILES string of the molecule is COc1cc(/C=C(\C#N)C(=O)Nc2cccc(C)c2C)cc(Br)c1OCc1ccccc1C#N. The predicted molar refractivity (Wildman–Crippen MR) is 134 cm³/mol. The van der Waals surface area contributed by atoms with E-state index in [-0.39, 0.29) is 12.2 Å². The van der Waals surface area contributed by atoms with Crippen molar-refractivity contribution >= 4 is 33.6 Å². The van der Waals surface area contributed by atoms with Crippen LogP contribution in [0.15, 0.2) is 64.6 Å². The Kier molecular flexibility index (Phi) is 8.08. The van der Waals surface area contributed by atoms with E-state index in [1.165, 1.54) is 13.2 Å². The highest BCUT2D eigenvalue weighted by atomic mass is 79.9. The number of nitrogens with zero attached hydrogens (tertiary/aromatic N) is 2. The summed E-state index contributed by atoms with van der Waals surface area (Å²) in [4.78, 5) is 12.7. The monoisotopic (exact) mass is 515 g/mol. The lowest BCUT2D eigenvalue weighted by Crippen LogP contribution is -2.14. The highest BCUT2D eigenvalue weighted by Crippen LogP contribution is 2.38. The summed E-state index contributed by atoms with van der Waals surface area (Å²) in [5, 5.41) is 21.7. The van der Waals surface area contributed by atoms with Crippen molar-refractivity contribution in [2.24, 2.45) is 0 Å². The van der Waals surface area contributed by atoms with Crippen LogP contribution in [-0.4, -0.2) is 13.0 Å². The van der Waals surface area contributed by atoms with Crippen molar-refractivity contribution in [2.45, 2.75) is 20.5 Å². The number of nitriles is 2. The summed E-state index contributed by atoms with van der Waals surface area (Å²) in [5.41, 5.74) is 4.46. The van der Waals surface area contributed by atoms with Crippen LogP contribution in [0.4, 0.5) is 5.69 Å².